The van der Waals surface area contributed by atoms with E-state index in [4.69, 9.17) is 4.74 Å². The topological polar surface area (TPSA) is 59.8 Å². The molecule has 4 rings (SSSR count). The first-order valence-corrected chi connectivity index (χ1v) is 10.4. The third-order valence-electron chi connectivity index (χ3n) is 6.80. The van der Waals surface area contributed by atoms with E-state index in [0.717, 1.165) is 69.7 Å². The molecule has 3 saturated heterocycles. The average molecular weight is 383 g/mol. The summed E-state index contributed by atoms with van der Waals surface area (Å²) in [7, 11) is 2.10. The average Bonchev–Trinajstić information content (AvgIpc) is 3.06. The fourth-order valence-electron chi connectivity index (χ4n) is 5.10. The highest BCUT2D eigenvalue weighted by Gasteiger charge is 2.47. The van der Waals surface area contributed by atoms with E-state index in [1.807, 2.05) is 23.1 Å². The lowest BCUT2D eigenvalue weighted by Crippen LogP contribution is -2.48. The van der Waals surface area contributed by atoms with Gasteiger partial charge in [0.05, 0.1) is 30.9 Å². The molecule has 6 nitrogen and oxygen atoms in total. The van der Waals surface area contributed by atoms with Crippen LogP contribution >= 0.6 is 0 Å². The maximum atomic E-state index is 13.0. The van der Waals surface area contributed by atoms with Crippen molar-refractivity contribution < 1.29 is 9.53 Å². The van der Waals surface area contributed by atoms with Gasteiger partial charge < -0.3 is 9.64 Å². The Labute approximate surface area is 167 Å². The van der Waals surface area contributed by atoms with Gasteiger partial charge >= 0.3 is 0 Å². The maximum absolute atomic E-state index is 13.0. The second kappa shape index (κ2) is 8.20. The lowest BCUT2D eigenvalue weighted by atomic mass is 9.76. The van der Waals surface area contributed by atoms with Crippen LogP contribution < -0.4 is 0 Å². The van der Waals surface area contributed by atoms with E-state index in [9.17, 15) is 10.1 Å². The molecule has 3 fully saturated rings. The van der Waals surface area contributed by atoms with Crippen LogP contribution in [-0.4, -0.2) is 79.6 Å². The highest BCUT2D eigenvalue weighted by Crippen LogP contribution is 2.43. The largest absolute Gasteiger partial charge is 0.378 e. The Balaban J connectivity index is 1.35. The van der Waals surface area contributed by atoms with Crippen molar-refractivity contribution in [3.05, 3.63) is 35.4 Å². The number of morpholine rings is 1. The molecule has 1 aromatic carbocycles. The van der Waals surface area contributed by atoms with Gasteiger partial charge in [-0.25, -0.2) is 0 Å². The van der Waals surface area contributed by atoms with Gasteiger partial charge in [-0.3, -0.25) is 14.6 Å². The number of hydrogen-bond donors (Lipinski definition) is 0. The summed E-state index contributed by atoms with van der Waals surface area (Å²) in [4.78, 5) is 19.7. The first kappa shape index (κ1) is 19.4. The highest BCUT2D eigenvalue weighted by molar-refractivity contribution is 5.82. The number of benzene rings is 1. The van der Waals surface area contributed by atoms with Crippen LogP contribution in [0.25, 0.3) is 0 Å². The Bertz CT molecular complexity index is 745. The second-order valence-electron chi connectivity index (χ2n) is 8.62. The van der Waals surface area contributed by atoms with Gasteiger partial charge in [-0.1, -0.05) is 18.2 Å². The number of likely N-dealkylation sites (N-methyl/N-ethyl adjacent to an activating group) is 1. The van der Waals surface area contributed by atoms with Crippen LogP contribution in [0.15, 0.2) is 24.3 Å². The van der Waals surface area contributed by atoms with Gasteiger partial charge in [0.15, 0.2) is 0 Å². The van der Waals surface area contributed by atoms with Crippen LogP contribution in [0.4, 0.5) is 0 Å². The van der Waals surface area contributed by atoms with Crippen LogP contribution in [0.5, 0.6) is 0 Å². The van der Waals surface area contributed by atoms with Gasteiger partial charge in [0, 0.05) is 26.2 Å². The number of carbonyl (C=O) groups excluding carboxylic acids is 1. The lowest BCUT2D eigenvalue weighted by Gasteiger charge is -2.39. The Morgan fingerprint density at radius 3 is 2.64 bits per heavy atom. The molecule has 1 atom stereocenters. The lowest BCUT2D eigenvalue weighted by molar-refractivity contribution is -0.139. The number of rotatable bonds is 3. The quantitative estimate of drug-likeness (QED) is 0.796. The Morgan fingerprint density at radius 2 is 1.93 bits per heavy atom. The summed E-state index contributed by atoms with van der Waals surface area (Å²) in [6.07, 6.45) is 3.22. The molecule has 28 heavy (non-hydrogen) atoms. The van der Waals surface area contributed by atoms with Gasteiger partial charge in [-0.15, -0.1) is 0 Å². The molecule has 3 aliphatic heterocycles. The van der Waals surface area contributed by atoms with E-state index in [-0.39, 0.29) is 17.4 Å². The van der Waals surface area contributed by atoms with E-state index in [0.29, 0.717) is 13.2 Å². The molecule has 3 aliphatic rings. The zero-order valence-corrected chi connectivity index (χ0v) is 16.8. The Hall–Kier alpha value is -1.94. The van der Waals surface area contributed by atoms with E-state index in [1.165, 1.54) is 0 Å². The van der Waals surface area contributed by atoms with Gasteiger partial charge in [-0.2, -0.15) is 5.26 Å². The zero-order chi connectivity index (χ0) is 19.6. The summed E-state index contributed by atoms with van der Waals surface area (Å²) >= 11 is 0. The summed E-state index contributed by atoms with van der Waals surface area (Å²) in [5.41, 5.74) is 2.15. The van der Waals surface area contributed by atoms with E-state index in [1.54, 1.807) is 0 Å². The van der Waals surface area contributed by atoms with E-state index in [2.05, 4.69) is 29.0 Å². The van der Waals surface area contributed by atoms with Crippen molar-refractivity contribution in [3.63, 3.8) is 0 Å². The monoisotopic (exact) mass is 382 g/mol. The molecule has 0 saturated carbocycles. The van der Waals surface area contributed by atoms with Crippen molar-refractivity contribution >= 4 is 5.91 Å². The molecule has 150 valence electrons. The predicted octanol–water partition coefficient (Wildman–Crippen LogP) is 1.70. The molecule has 6 heteroatoms. The van der Waals surface area contributed by atoms with Crippen molar-refractivity contribution in [1.82, 2.24) is 14.7 Å². The third-order valence-corrected chi connectivity index (χ3v) is 6.80. The SMILES string of the molecule is CN1CC2(CCN(Cc3ccccc3C#N)CC2)CC1C(=O)N1CCOCC1. The molecular weight excluding hydrogens is 352 g/mol. The Morgan fingerprint density at radius 1 is 1.21 bits per heavy atom. The number of likely N-dealkylation sites (tertiary alicyclic amines) is 2. The molecule has 0 radical (unpaired) electrons. The number of carbonyl (C=O) groups is 1. The van der Waals surface area contributed by atoms with Crippen molar-refractivity contribution in [2.24, 2.45) is 5.41 Å². The molecule has 1 aromatic rings. The molecule has 1 unspecified atom stereocenters. The number of amides is 1. The highest BCUT2D eigenvalue weighted by atomic mass is 16.5. The number of nitrogens with zero attached hydrogens (tertiary/aromatic N) is 4. The fourth-order valence-corrected chi connectivity index (χ4v) is 5.10. The molecular formula is C22H30N4O2. The first-order chi connectivity index (χ1) is 13.6. The summed E-state index contributed by atoms with van der Waals surface area (Å²) in [5, 5.41) is 9.32. The van der Waals surface area contributed by atoms with Gasteiger partial charge in [0.2, 0.25) is 5.91 Å². The van der Waals surface area contributed by atoms with E-state index >= 15 is 0 Å². The summed E-state index contributed by atoms with van der Waals surface area (Å²) in [6, 6.07) is 10.2. The van der Waals surface area contributed by atoms with Crippen LogP contribution in [-0.2, 0) is 16.1 Å². The van der Waals surface area contributed by atoms with Crippen molar-refractivity contribution in [2.75, 3.05) is 53.0 Å². The first-order valence-electron chi connectivity index (χ1n) is 10.4. The molecule has 0 aliphatic carbocycles. The van der Waals surface area contributed by atoms with Crippen LogP contribution in [0.3, 0.4) is 0 Å². The summed E-state index contributed by atoms with van der Waals surface area (Å²) < 4.78 is 5.39. The number of piperidine rings is 1. The van der Waals surface area contributed by atoms with Gasteiger partial charge in [0.1, 0.15) is 0 Å². The normalized spacial score (nSPS) is 25.7. The third kappa shape index (κ3) is 3.93. The predicted molar refractivity (Wildman–Crippen MR) is 107 cm³/mol. The van der Waals surface area contributed by atoms with Crippen molar-refractivity contribution in [1.29, 1.82) is 5.26 Å². The molecule has 0 N–H and O–H groups in total. The Kier molecular flexibility index (Phi) is 5.68. The number of hydrogen-bond acceptors (Lipinski definition) is 5. The number of ether oxygens (including phenoxy) is 1. The van der Waals surface area contributed by atoms with Crippen LogP contribution in [0, 0.1) is 16.7 Å². The summed E-state index contributed by atoms with van der Waals surface area (Å²) in [6.45, 7) is 6.68. The van der Waals surface area contributed by atoms with Gasteiger partial charge in [0.25, 0.3) is 0 Å². The molecule has 1 amide bonds. The maximum Gasteiger partial charge on any atom is 0.240 e. The zero-order valence-electron chi connectivity index (χ0n) is 16.8. The fraction of sp³-hybridized carbons (Fsp3) is 0.636. The molecule has 0 bridgehead atoms. The number of nitriles is 1. The second-order valence-corrected chi connectivity index (χ2v) is 8.62. The minimum Gasteiger partial charge on any atom is -0.378 e. The van der Waals surface area contributed by atoms with Crippen molar-refractivity contribution in [2.45, 2.75) is 31.8 Å². The van der Waals surface area contributed by atoms with Crippen molar-refractivity contribution in [3.8, 4) is 6.07 Å². The molecule has 1 spiro atoms. The van der Waals surface area contributed by atoms with E-state index < -0.39 is 0 Å². The standard InChI is InChI=1S/C22H30N4O2/c1-24-17-22(14-20(24)21(27)26-10-12-28-13-11-26)6-8-25(9-7-22)16-19-5-3-2-4-18(19)15-23/h2-5,20H,6-14,16-17H2,1H3. The van der Waals surface area contributed by atoms with Crippen LogP contribution in [0.2, 0.25) is 0 Å². The molecule has 3 heterocycles. The summed E-state index contributed by atoms with van der Waals surface area (Å²) in [5.74, 6) is 0.285. The molecule has 0 aromatic heterocycles. The van der Waals surface area contributed by atoms with Crippen LogP contribution in [0.1, 0.15) is 30.4 Å². The smallest absolute Gasteiger partial charge is 0.240 e. The minimum absolute atomic E-state index is 0.0176. The minimum atomic E-state index is 0.0176. The van der Waals surface area contributed by atoms with Gasteiger partial charge in [-0.05, 0) is 56.4 Å².